The average Bonchev–Trinajstić information content (AvgIpc) is 2.23. The SMILES string of the molecule is CCCCNC(=O)C(C)N1CC(N)(C(C)C)C1. The van der Waals surface area contributed by atoms with Crippen LogP contribution in [0.15, 0.2) is 0 Å². The highest BCUT2D eigenvalue weighted by Gasteiger charge is 2.44. The molecular formula is C13H27N3O. The second-order valence-corrected chi connectivity index (χ2v) is 5.61. The number of carbonyl (C=O) groups excluding carboxylic acids is 1. The zero-order chi connectivity index (χ0) is 13.1. The summed E-state index contributed by atoms with van der Waals surface area (Å²) in [6.45, 7) is 10.8. The van der Waals surface area contributed by atoms with Gasteiger partial charge in [-0.25, -0.2) is 0 Å². The van der Waals surface area contributed by atoms with Crippen LogP contribution in [0.1, 0.15) is 40.5 Å². The standard InChI is InChI=1S/C13H27N3O/c1-5-6-7-15-12(17)11(4)16-8-13(14,9-16)10(2)3/h10-11H,5-9,14H2,1-4H3,(H,15,17). The van der Waals surface area contributed by atoms with Crippen LogP contribution in [0.4, 0.5) is 0 Å². The number of nitrogens with zero attached hydrogens (tertiary/aromatic N) is 1. The molecule has 100 valence electrons. The smallest absolute Gasteiger partial charge is 0.237 e. The summed E-state index contributed by atoms with van der Waals surface area (Å²) in [6.07, 6.45) is 2.16. The first-order valence-corrected chi connectivity index (χ1v) is 6.71. The number of unbranched alkanes of at least 4 members (excludes halogenated alkanes) is 1. The Kier molecular flexibility index (Phi) is 4.95. The Bertz CT molecular complexity index is 259. The van der Waals surface area contributed by atoms with Crippen molar-refractivity contribution >= 4 is 5.91 Å². The molecule has 0 aromatic carbocycles. The van der Waals surface area contributed by atoms with E-state index in [4.69, 9.17) is 5.73 Å². The van der Waals surface area contributed by atoms with Gasteiger partial charge >= 0.3 is 0 Å². The van der Waals surface area contributed by atoms with Crippen LogP contribution in [0.2, 0.25) is 0 Å². The molecule has 1 aliphatic heterocycles. The molecule has 1 saturated heterocycles. The van der Waals surface area contributed by atoms with Gasteiger partial charge in [-0.1, -0.05) is 27.2 Å². The second-order valence-electron chi connectivity index (χ2n) is 5.61. The highest BCUT2D eigenvalue weighted by molar-refractivity contribution is 5.81. The number of likely N-dealkylation sites (tertiary alicyclic amines) is 1. The fourth-order valence-electron chi connectivity index (χ4n) is 2.05. The molecule has 17 heavy (non-hydrogen) atoms. The van der Waals surface area contributed by atoms with Gasteiger partial charge in [0.15, 0.2) is 0 Å². The predicted octanol–water partition coefficient (Wildman–Crippen LogP) is 0.960. The lowest BCUT2D eigenvalue weighted by Gasteiger charge is -2.52. The maximum Gasteiger partial charge on any atom is 0.237 e. The van der Waals surface area contributed by atoms with Gasteiger partial charge in [0.05, 0.1) is 6.04 Å². The lowest BCUT2D eigenvalue weighted by molar-refractivity contribution is -0.129. The van der Waals surface area contributed by atoms with Crippen LogP contribution in [0.5, 0.6) is 0 Å². The molecule has 1 unspecified atom stereocenters. The summed E-state index contributed by atoms with van der Waals surface area (Å²) in [5.41, 5.74) is 6.12. The molecule has 1 aliphatic rings. The normalized spacial score (nSPS) is 21.1. The van der Waals surface area contributed by atoms with Crippen LogP contribution in [-0.4, -0.2) is 42.0 Å². The Labute approximate surface area is 105 Å². The summed E-state index contributed by atoms with van der Waals surface area (Å²) < 4.78 is 0. The molecule has 1 rings (SSSR count). The largest absolute Gasteiger partial charge is 0.355 e. The van der Waals surface area contributed by atoms with Crippen molar-refractivity contribution in [2.24, 2.45) is 11.7 Å². The van der Waals surface area contributed by atoms with E-state index in [1.807, 2.05) is 6.92 Å². The lowest BCUT2D eigenvalue weighted by atomic mass is 9.79. The summed E-state index contributed by atoms with van der Waals surface area (Å²) in [6, 6.07) is -0.0534. The number of rotatable bonds is 6. The summed E-state index contributed by atoms with van der Waals surface area (Å²) in [4.78, 5) is 14.0. The summed E-state index contributed by atoms with van der Waals surface area (Å²) in [7, 11) is 0. The first kappa shape index (κ1) is 14.5. The third-order valence-electron chi connectivity index (χ3n) is 3.90. The quantitative estimate of drug-likeness (QED) is 0.681. The van der Waals surface area contributed by atoms with E-state index in [9.17, 15) is 4.79 Å². The van der Waals surface area contributed by atoms with Gasteiger partial charge in [0.2, 0.25) is 5.91 Å². The van der Waals surface area contributed by atoms with E-state index in [0.717, 1.165) is 32.5 Å². The van der Waals surface area contributed by atoms with Crippen molar-refractivity contribution in [3.05, 3.63) is 0 Å². The van der Waals surface area contributed by atoms with E-state index in [2.05, 4.69) is 31.0 Å². The van der Waals surface area contributed by atoms with Crippen molar-refractivity contribution in [2.75, 3.05) is 19.6 Å². The Balaban J connectivity index is 2.31. The van der Waals surface area contributed by atoms with Crippen LogP contribution >= 0.6 is 0 Å². The second kappa shape index (κ2) is 5.83. The van der Waals surface area contributed by atoms with E-state index >= 15 is 0 Å². The fraction of sp³-hybridized carbons (Fsp3) is 0.923. The Morgan fingerprint density at radius 2 is 2.00 bits per heavy atom. The molecule has 1 fully saturated rings. The number of nitrogens with two attached hydrogens (primary N) is 1. The van der Waals surface area contributed by atoms with Crippen LogP contribution < -0.4 is 11.1 Å². The molecule has 4 heteroatoms. The van der Waals surface area contributed by atoms with Crippen molar-refractivity contribution in [1.82, 2.24) is 10.2 Å². The van der Waals surface area contributed by atoms with Gasteiger partial charge < -0.3 is 11.1 Å². The van der Waals surface area contributed by atoms with E-state index in [-0.39, 0.29) is 17.5 Å². The molecule has 1 atom stereocenters. The van der Waals surface area contributed by atoms with Crippen molar-refractivity contribution < 1.29 is 4.79 Å². The van der Waals surface area contributed by atoms with Crippen LogP contribution in [0.3, 0.4) is 0 Å². The molecule has 4 nitrogen and oxygen atoms in total. The van der Waals surface area contributed by atoms with Gasteiger partial charge in [-0.2, -0.15) is 0 Å². The molecular weight excluding hydrogens is 214 g/mol. The summed E-state index contributed by atoms with van der Waals surface area (Å²) in [5.74, 6) is 0.596. The minimum absolute atomic E-state index is 0.0534. The minimum atomic E-state index is -0.0992. The Morgan fingerprint density at radius 3 is 2.47 bits per heavy atom. The van der Waals surface area contributed by atoms with Crippen LogP contribution in [0.25, 0.3) is 0 Å². The third-order valence-corrected chi connectivity index (χ3v) is 3.90. The van der Waals surface area contributed by atoms with Crippen molar-refractivity contribution in [3.8, 4) is 0 Å². The highest BCUT2D eigenvalue weighted by atomic mass is 16.2. The molecule has 1 heterocycles. The molecule has 0 aromatic heterocycles. The van der Waals surface area contributed by atoms with E-state index in [1.54, 1.807) is 0 Å². The molecule has 0 spiro atoms. The first-order chi connectivity index (χ1) is 7.90. The maximum atomic E-state index is 11.8. The lowest BCUT2D eigenvalue weighted by Crippen LogP contribution is -2.72. The first-order valence-electron chi connectivity index (χ1n) is 6.71. The average molecular weight is 241 g/mol. The van der Waals surface area contributed by atoms with Gasteiger partial charge in [-0.15, -0.1) is 0 Å². The molecule has 0 aromatic rings. The molecule has 0 bridgehead atoms. The fourth-order valence-corrected chi connectivity index (χ4v) is 2.05. The van der Waals surface area contributed by atoms with Gasteiger partial charge in [-0.3, -0.25) is 9.69 Å². The molecule has 3 N–H and O–H groups in total. The van der Waals surface area contributed by atoms with E-state index in [1.165, 1.54) is 0 Å². The highest BCUT2D eigenvalue weighted by Crippen LogP contribution is 2.27. The third kappa shape index (κ3) is 3.42. The van der Waals surface area contributed by atoms with Gasteiger partial charge in [0, 0.05) is 25.2 Å². The van der Waals surface area contributed by atoms with Crippen LogP contribution in [0, 0.1) is 5.92 Å². The number of carbonyl (C=O) groups is 1. The number of hydrogen-bond acceptors (Lipinski definition) is 3. The minimum Gasteiger partial charge on any atom is -0.355 e. The van der Waals surface area contributed by atoms with Gasteiger partial charge in [0.1, 0.15) is 0 Å². The van der Waals surface area contributed by atoms with E-state index < -0.39 is 0 Å². The zero-order valence-electron chi connectivity index (χ0n) is 11.6. The predicted molar refractivity (Wildman–Crippen MR) is 70.7 cm³/mol. The number of amides is 1. The topological polar surface area (TPSA) is 58.4 Å². The monoisotopic (exact) mass is 241 g/mol. The van der Waals surface area contributed by atoms with Crippen molar-refractivity contribution in [2.45, 2.75) is 52.1 Å². The Hall–Kier alpha value is -0.610. The Morgan fingerprint density at radius 1 is 1.41 bits per heavy atom. The number of nitrogens with one attached hydrogen (secondary N) is 1. The zero-order valence-corrected chi connectivity index (χ0v) is 11.6. The number of hydrogen-bond donors (Lipinski definition) is 2. The van der Waals surface area contributed by atoms with Crippen molar-refractivity contribution in [1.29, 1.82) is 0 Å². The van der Waals surface area contributed by atoms with E-state index in [0.29, 0.717) is 5.92 Å². The summed E-state index contributed by atoms with van der Waals surface area (Å²) >= 11 is 0. The van der Waals surface area contributed by atoms with Crippen LogP contribution in [-0.2, 0) is 4.79 Å². The summed E-state index contributed by atoms with van der Waals surface area (Å²) in [5, 5.41) is 2.97. The molecule has 1 amide bonds. The van der Waals surface area contributed by atoms with Gasteiger partial charge in [-0.05, 0) is 19.3 Å². The van der Waals surface area contributed by atoms with Crippen molar-refractivity contribution in [3.63, 3.8) is 0 Å². The molecule has 0 aliphatic carbocycles. The molecule has 0 radical (unpaired) electrons. The van der Waals surface area contributed by atoms with Gasteiger partial charge in [0.25, 0.3) is 0 Å². The molecule has 0 saturated carbocycles. The maximum absolute atomic E-state index is 11.8.